The van der Waals surface area contributed by atoms with Crippen molar-refractivity contribution in [3.05, 3.63) is 45.2 Å². The third-order valence-corrected chi connectivity index (χ3v) is 5.91. The van der Waals surface area contributed by atoms with Crippen molar-refractivity contribution >= 4 is 27.6 Å². The molecule has 2 aromatic rings. The van der Waals surface area contributed by atoms with E-state index >= 15 is 0 Å². The van der Waals surface area contributed by atoms with E-state index in [9.17, 15) is 27.5 Å². The first-order valence-corrected chi connectivity index (χ1v) is 9.81. The second-order valence-corrected chi connectivity index (χ2v) is 7.97. The lowest BCUT2D eigenvalue weighted by atomic mass is 10.00. The molecular weight excluding hydrogens is 460 g/mol. The zero-order valence-electron chi connectivity index (χ0n) is 15.1. The van der Waals surface area contributed by atoms with E-state index in [0.717, 1.165) is 16.8 Å². The van der Waals surface area contributed by atoms with Crippen LogP contribution in [-0.4, -0.2) is 38.5 Å². The average Bonchev–Trinajstić information content (AvgIpc) is 2.99. The fourth-order valence-corrected chi connectivity index (χ4v) is 4.06. The van der Waals surface area contributed by atoms with Gasteiger partial charge in [0.05, 0.1) is 35.0 Å². The van der Waals surface area contributed by atoms with Crippen LogP contribution in [0.1, 0.15) is 29.8 Å². The van der Waals surface area contributed by atoms with E-state index in [1.54, 1.807) is 0 Å². The van der Waals surface area contributed by atoms with Gasteiger partial charge in [0.2, 0.25) is 0 Å². The SMILES string of the molecule is O=C(Nc1ccc(F)c(Br)c1F)N1CCc2nn3c(c2C1)C(F)(F)CC[C@@H](O)C3. The number of hydrogen-bond acceptors (Lipinski definition) is 3. The highest BCUT2D eigenvalue weighted by molar-refractivity contribution is 9.10. The van der Waals surface area contributed by atoms with Crippen molar-refractivity contribution < 1.29 is 27.5 Å². The Morgan fingerprint density at radius 3 is 2.86 bits per heavy atom. The van der Waals surface area contributed by atoms with E-state index in [-0.39, 0.29) is 49.4 Å². The maximum absolute atomic E-state index is 14.7. The number of aliphatic hydroxyl groups excluding tert-OH is 1. The average molecular weight is 477 g/mol. The molecule has 2 aliphatic rings. The predicted octanol–water partition coefficient (Wildman–Crippen LogP) is 3.76. The van der Waals surface area contributed by atoms with Crippen LogP contribution in [0.25, 0.3) is 0 Å². The van der Waals surface area contributed by atoms with Crippen LogP contribution in [0, 0.1) is 11.6 Å². The van der Waals surface area contributed by atoms with Crippen molar-refractivity contribution in [1.82, 2.24) is 14.7 Å². The minimum Gasteiger partial charge on any atom is -0.391 e. The Hall–Kier alpha value is -2.14. The number of anilines is 1. The van der Waals surface area contributed by atoms with Gasteiger partial charge in [0.1, 0.15) is 11.5 Å². The molecule has 3 heterocycles. The van der Waals surface area contributed by atoms with Crippen LogP contribution in [0.2, 0.25) is 0 Å². The van der Waals surface area contributed by atoms with Gasteiger partial charge in [-0.2, -0.15) is 13.9 Å². The zero-order chi connectivity index (χ0) is 20.9. The summed E-state index contributed by atoms with van der Waals surface area (Å²) in [6.45, 7) is 0.0541. The number of aliphatic hydroxyl groups is 1. The molecular formula is C18H17BrF4N4O2. The number of rotatable bonds is 1. The number of nitrogens with one attached hydrogen (secondary N) is 1. The van der Waals surface area contributed by atoms with E-state index < -0.39 is 40.6 Å². The largest absolute Gasteiger partial charge is 0.391 e. The van der Waals surface area contributed by atoms with Gasteiger partial charge in [-0.15, -0.1) is 0 Å². The number of aromatic nitrogens is 2. The van der Waals surface area contributed by atoms with Crippen molar-refractivity contribution in [2.75, 3.05) is 11.9 Å². The summed E-state index contributed by atoms with van der Waals surface area (Å²) in [7, 11) is 0. The van der Waals surface area contributed by atoms with E-state index in [0.29, 0.717) is 5.69 Å². The van der Waals surface area contributed by atoms with Gasteiger partial charge in [0, 0.05) is 24.9 Å². The molecule has 2 aliphatic heterocycles. The molecule has 1 aromatic carbocycles. The van der Waals surface area contributed by atoms with Crippen LogP contribution in [0.15, 0.2) is 16.6 Å². The highest BCUT2D eigenvalue weighted by Crippen LogP contribution is 2.40. The van der Waals surface area contributed by atoms with Gasteiger partial charge >= 0.3 is 6.03 Å². The number of fused-ring (bicyclic) bond motifs is 3. The molecule has 156 valence electrons. The molecule has 0 fully saturated rings. The van der Waals surface area contributed by atoms with Crippen LogP contribution in [0.3, 0.4) is 0 Å². The number of carbonyl (C=O) groups excluding carboxylic acids is 1. The van der Waals surface area contributed by atoms with E-state index in [1.807, 2.05) is 0 Å². The lowest BCUT2D eigenvalue weighted by Gasteiger charge is -2.28. The summed E-state index contributed by atoms with van der Waals surface area (Å²) in [5, 5.41) is 16.4. The molecule has 4 rings (SSSR count). The summed E-state index contributed by atoms with van der Waals surface area (Å²) >= 11 is 2.77. The molecule has 0 bridgehead atoms. The number of benzene rings is 1. The van der Waals surface area contributed by atoms with Crippen molar-refractivity contribution in [1.29, 1.82) is 0 Å². The third kappa shape index (κ3) is 3.61. The Balaban J connectivity index is 1.59. The summed E-state index contributed by atoms with van der Waals surface area (Å²) in [4.78, 5) is 13.9. The Labute approximate surface area is 171 Å². The predicted molar refractivity (Wildman–Crippen MR) is 98.6 cm³/mol. The molecule has 0 spiro atoms. The molecule has 1 aromatic heterocycles. The minimum atomic E-state index is -3.18. The maximum atomic E-state index is 14.7. The molecule has 0 unspecified atom stereocenters. The standard InChI is InChI=1S/C18H17BrF4N4O2/c19-14-11(20)1-2-13(15(14)21)24-17(29)26-6-4-12-10(8-26)16-18(22,23)5-3-9(28)7-27(16)25-12/h1-2,9,28H,3-8H2,(H,24,29)/t9-/m1/s1. The summed E-state index contributed by atoms with van der Waals surface area (Å²) in [6, 6.07) is 1.40. The highest BCUT2D eigenvalue weighted by Gasteiger charge is 2.43. The monoisotopic (exact) mass is 476 g/mol. The van der Waals surface area contributed by atoms with Crippen molar-refractivity contribution in [2.45, 2.75) is 44.4 Å². The molecule has 0 saturated heterocycles. The third-order valence-electron chi connectivity index (χ3n) is 5.19. The normalized spacial score (nSPS) is 20.6. The fraction of sp³-hybridized carbons (Fsp3) is 0.444. The van der Waals surface area contributed by atoms with Gasteiger partial charge < -0.3 is 15.3 Å². The first-order valence-electron chi connectivity index (χ1n) is 9.01. The topological polar surface area (TPSA) is 70.4 Å². The quantitative estimate of drug-likeness (QED) is 0.486. The summed E-state index contributed by atoms with van der Waals surface area (Å²) in [6.07, 6.45) is -1.21. The summed E-state index contributed by atoms with van der Waals surface area (Å²) in [5.41, 5.74) is 0.216. The number of hydrogen-bond donors (Lipinski definition) is 2. The molecule has 1 atom stereocenters. The number of nitrogens with zero attached hydrogens (tertiary/aromatic N) is 3. The zero-order valence-corrected chi connectivity index (χ0v) is 16.6. The van der Waals surface area contributed by atoms with Crippen LogP contribution >= 0.6 is 15.9 Å². The summed E-state index contributed by atoms with van der Waals surface area (Å²) in [5.74, 6) is -4.95. The molecule has 0 saturated carbocycles. The number of amides is 2. The van der Waals surface area contributed by atoms with Crippen molar-refractivity contribution in [3.8, 4) is 0 Å². The van der Waals surface area contributed by atoms with Gasteiger partial charge in [-0.1, -0.05) is 0 Å². The molecule has 29 heavy (non-hydrogen) atoms. The van der Waals surface area contributed by atoms with Crippen LogP contribution < -0.4 is 5.32 Å². The maximum Gasteiger partial charge on any atom is 0.322 e. The fourth-order valence-electron chi connectivity index (χ4n) is 3.72. The molecule has 0 aliphatic carbocycles. The number of halogens is 5. The lowest BCUT2D eigenvalue weighted by molar-refractivity contribution is -0.0248. The Kier molecular flexibility index (Phi) is 5.06. The van der Waals surface area contributed by atoms with Crippen LogP contribution in [0.4, 0.5) is 28.0 Å². The smallest absolute Gasteiger partial charge is 0.322 e. The van der Waals surface area contributed by atoms with Crippen molar-refractivity contribution in [2.24, 2.45) is 0 Å². The summed E-state index contributed by atoms with van der Waals surface area (Å²) < 4.78 is 57.6. The molecule has 2 amide bonds. The number of carbonyl (C=O) groups is 1. The second kappa shape index (κ2) is 7.28. The Bertz CT molecular complexity index is 981. The minimum absolute atomic E-state index is 0.0288. The molecule has 6 nitrogen and oxygen atoms in total. The lowest BCUT2D eigenvalue weighted by Crippen LogP contribution is -2.39. The molecule has 2 N–H and O–H groups in total. The van der Waals surface area contributed by atoms with E-state index in [2.05, 4.69) is 26.3 Å². The van der Waals surface area contributed by atoms with Gasteiger partial charge in [-0.05, 0) is 34.5 Å². The first-order chi connectivity index (χ1) is 13.7. The van der Waals surface area contributed by atoms with Gasteiger partial charge in [-0.25, -0.2) is 13.6 Å². The van der Waals surface area contributed by atoms with Crippen LogP contribution in [0.5, 0.6) is 0 Å². The van der Waals surface area contributed by atoms with Crippen molar-refractivity contribution in [3.63, 3.8) is 0 Å². The Morgan fingerprint density at radius 2 is 2.10 bits per heavy atom. The van der Waals surface area contributed by atoms with Gasteiger partial charge in [0.15, 0.2) is 5.82 Å². The highest BCUT2D eigenvalue weighted by atomic mass is 79.9. The van der Waals surface area contributed by atoms with E-state index in [1.165, 1.54) is 4.90 Å². The number of urea groups is 1. The van der Waals surface area contributed by atoms with Gasteiger partial charge in [0.25, 0.3) is 5.92 Å². The Morgan fingerprint density at radius 1 is 1.34 bits per heavy atom. The first kappa shape index (κ1) is 20.1. The molecule has 11 heteroatoms. The van der Waals surface area contributed by atoms with E-state index in [4.69, 9.17) is 0 Å². The second-order valence-electron chi connectivity index (χ2n) is 7.18. The molecule has 0 radical (unpaired) electrons. The van der Waals surface area contributed by atoms with Crippen LogP contribution in [-0.2, 0) is 25.4 Å². The van der Waals surface area contributed by atoms with Gasteiger partial charge in [-0.3, -0.25) is 4.68 Å². The number of alkyl halides is 2.